The first kappa shape index (κ1) is 22.5. The Morgan fingerprint density at radius 2 is 1.58 bits per heavy atom. The van der Waals surface area contributed by atoms with Gasteiger partial charge >= 0.3 is 6.18 Å². The zero-order valence-electron chi connectivity index (χ0n) is 16.5. The summed E-state index contributed by atoms with van der Waals surface area (Å²) in [6.07, 6.45) is -1.81. The first-order chi connectivity index (χ1) is 14.5. The van der Waals surface area contributed by atoms with E-state index in [2.05, 4.69) is 4.98 Å². The summed E-state index contributed by atoms with van der Waals surface area (Å²) in [6.45, 7) is 0.259. The Morgan fingerprint density at radius 3 is 2.10 bits per heavy atom. The highest BCUT2D eigenvalue weighted by Gasteiger charge is 2.30. The number of pyridine rings is 1. The second-order valence-corrected chi connectivity index (χ2v) is 8.99. The van der Waals surface area contributed by atoms with Crippen molar-refractivity contribution in [2.45, 2.75) is 24.2 Å². The summed E-state index contributed by atoms with van der Waals surface area (Å²) in [7, 11) is -3.35. The van der Waals surface area contributed by atoms with Gasteiger partial charge in [-0.3, -0.25) is 9.78 Å². The first-order valence-electron chi connectivity index (χ1n) is 9.19. The molecule has 0 aliphatic heterocycles. The van der Waals surface area contributed by atoms with E-state index in [0.717, 1.165) is 30.5 Å². The fourth-order valence-corrected chi connectivity index (χ4v) is 3.56. The quantitative estimate of drug-likeness (QED) is 0.563. The molecule has 0 atom stereocenters. The van der Waals surface area contributed by atoms with E-state index in [9.17, 15) is 26.4 Å². The molecule has 0 saturated carbocycles. The highest BCUT2D eigenvalue weighted by Crippen LogP contribution is 2.29. The Bertz CT molecular complexity index is 1150. The lowest BCUT2D eigenvalue weighted by molar-refractivity contribution is -0.137. The van der Waals surface area contributed by atoms with Gasteiger partial charge in [0.2, 0.25) is 0 Å². The molecule has 31 heavy (non-hydrogen) atoms. The van der Waals surface area contributed by atoms with Crippen LogP contribution in [0.5, 0.6) is 0 Å². The fraction of sp³-hybridized carbons (Fsp3) is 0.182. The van der Waals surface area contributed by atoms with Gasteiger partial charge in [0.15, 0.2) is 9.84 Å². The molecule has 0 saturated heterocycles. The fourth-order valence-electron chi connectivity index (χ4n) is 2.93. The second-order valence-electron chi connectivity index (χ2n) is 6.97. The van der Waals surface area contributed by atoms with Crippen LogP contribution >= 0.6 is 0 Å². The van der Waals surface area contributed by atoms with Crippen molar-refractivity contribution in [1.29, 1.82) is 0 Å². The van der Waals surface area contributed by atoms with Gasteiger partial charge in [-0.05, 0) is 54.1 Å². The summed E-state index contributed by atoms with van der Waals surface area (Å²) < 4.78 is 61.8. The highest BCUT2D eigenvalue weighted by atomic mass is 32.2. The van der Waals surface area contributed by atoms with Crippen LogP contribution in [-0.4, -0.2) is 30.5 Å². The highest BCUT2D eigenvalue weighted by molar-refractivity contribution is 7.90. The van der Waals surface area contributed by atoms with E-state index in [-0.39, 0.29) is 23.5 Å². The molecule has 1 aromatic heterocycles. The zero-order chi connectivity index (χ0) is 22.6. The van der Waals surface area contributed by atoms with Crippen LogP contribution in [0, 0.1) is 0 Å². The van der Waals surface area contributed by atoms with Crippen molar-refractivity contribution < 1.29 is 26.4 Å². The number of hydrogen-bond donors (Lipinski definition) is 0. The molecule has 2 aromatic carbocycles. The molecule has 3 rings (SSSR count). The molecule has 1 amide bonds. The number of carbonyl (C=O) groups is 1. The smallest absolute Gasteiger partial charge is 0.328 e. The maximum atomic E-state index is 13.1. The van der Waals surface area contributed by atoms with Gasteiger partial charge < -0.3 is 4.90 Å². The molecule has 5 nitrogen and oxygen atoms in total. The summed E-state index contributed by atoms with van der Waals surface area (Å²) in [5.41, 5.74) is 0.549. The molecule has 162 valence electrons. The second kappa shape index (κ2) is 8.89. The first-order valence-corrected chi connectivity index (χ1v) is 11.1. The standard InChI is InChI=1S/C22H19F3N2O3S/c1-31(29,30)20-11-5-16(6-12-20)14-27(15-19-4-2-3-13-26-19)21(28)17-7-9-18(10-8-17)22(23,24)25/h2-13H,14-15H2,1H3. The Morgan fingerprint density at radius 1 is 0.935 bits per heavy atom. The zero-order valence-corrected chi connectivity index (χ0v) is 17.3. The third kappa shape index (κ3) is 5.91. The summed E-state index contributed by atoms with van der Waals surface area (Å²) in [5, 5.41) is 0. The molecule has 0 aliphatic rings. The van der Waals surface area contributed by atoms with Gasteiger partial charge in [-0.25, -0.2) is 8.42 Å². The SMILES string of the molecule is CS(=O)(=O)c1ccc(CN(Cc2ccccn2)C(=O)c2ccc(C(F)(F)F)cc2)cc1. The van der Waals surface area contributed by atoms with E-state index in [1.165, 1.54) is 17.0 Å². The molecule has 3 aromatic rings. The van der Waals surface area contributed by atoms with Gasteiger partial charge in [-0.1, -0.05) is 18.2 Å². The monoisotopic (exact) mass is 448 g/mol. The lowest BCUT2D eigenvalue weighted by Gasteiger charge is -2.23. The van der Waals surface area contributed by atoms with Crippen LogP contribution in [0.2, 0.25) is 0 Å². The van der Waals surface area contributed by atoms with Gasteiger partial charge in [0.25, 0.3) is 5.91 Å². The lowest BCUT2D eigenvalue weighted by Crippen LogP contribution is -2.30. The Hall–Kier alpha value is -3.20. The third-order valence-electron chi connectivity index (χ3n) is 4.55. The Kier molecular flexibility index (Phi) is 6.45. The predicted molar refractivity (Wildman–Crippen MR) is 109 cm³/mol. The van der Waals surface area contributed by atoms with Crippen LogP contribution in [-0.2, 0) is 29.1 Å². The van der Waals surface area contributed by atoms with Gasteiger partial charge in [0.1, 0.15) is 0 Å². The summed E-state index contributed by atoms with van der Waals surface area (Å²) in [4.78, 5) is 18.9. The topological polar surface area (TPSA) is 67.3 Å². The van der Waals surface area contributed by atoms with Crippen molar-refractivity contribution in [2.24, 2.45) is 0 Å². The van der Waals surface area contributed by atoms with E-state index in [0.29, 0.717) is 11.3 Å². The van der Waals surface area contributed by atoms with Crippen molar-refractivity contribution >= 4 is 15.7 Å². The van der Waals surface area contributed by atoms with Crippen molar-refractivity contribution in [3.8, 4) is 0 Å². The summed E-state index contributed by atoms with van der Waals surface area (Å²) >= 11 is 0. The minimum absolute atomic E-state index is 0.108. The number of halogens is 3. The molecule has 0 unspecified atom stereocenters. The maximum absolute atomic E-state index is 13.1. The number of rotatable bonds is 6. The molecule has 0 bridgehead atoms. The van der Waals surface area contributed by atoms with Crippen LogP contribution in [0.25, 0.3) is 0 Å². The van der Waals surface area contributed by atoms with Crippen LogP contribution in [0.1, 0.15) is 27.2 Å². The van der Waals surface area contributed by atoms with E-state index >= 15 is 0 Å². The van der Waals surface area contributed by atoms with E-state index in [4.69, 9.17) is 0 Å². The molecular weight excluding hydrogens is 429 g/mol. The number of carbonyl (C=O) groups excluding carboxylic acids is 1. The van der Waals surface area contributed by atoms with Crippen molar-refractivity contribution in [3.05, 3.63) is 95.3 Å². The number of benzene rings is 2. The van der Waals surface area contributed by atoms with E-state index in [1.54, 1.807) is 36.5 Å². The Labute approximate surface area is 178 Å². The molecular formula is C22H19F3N2O3S. The summed E-state index contributed by atoms with van der Waals surface area (Å²) in [6, 6.07) is 15.4. The number of amides is 1. The van der Waals surface area contributed by atoms with Crippen molar-refractivity contribution in [2.75, 3.05) is 6.26 Å². The number of sulfone groups is 1. The number of aromatic nitrogens is 1. The lowest BCUT2D eigenvalue weighted by atomic mass is 10.1. The maximum Gasteiger partial charge on any atom is 0.416 e. The van der Waals surface area contributed by atoms with Gasteiger partial charge in [-0.15, -0.1) is 0 Å². The minimum Gasteiger partial charge on any atom is -0.328 e. The summed E-state index contributed by atoms with van der Waals surface area (Å²) in [5.74, 6) is -0.466. The number of alkyl halides is 3. The van der Waals surface area contributed by atoms with Gasteiger partial charge in [0, 0.05) is 24.6 Å². The molecule has 0 N–H and O–H groups in total. The van der Waals surface area contributed by atoms with Gasteiger partial charge in [0.05, 0.1) is 22.7 Å². The van der Waals surface area contributed by atoms with Gasteiger partial charge in [-0.2, -0.15) is 13.2 Å². The molecule has 9 heteroatoms. The van der Waals surface area contributed by atoms with Crippen LogP contribution < -0.4 is 0 Å². The Balaban J connectivity index is 1.88. The largest absolute Gasteiger partial charge is 0.416 e. The molecule has 0 aliphatic carbocycles. The third-order valence-corrected chi connectivity index (χ3v) is 5.68. The van der Waals surface area contributed by atoms with E-state index in [1.807, 2.05) is 0 Å². The molecule has 1 heterocycles. The number of nitrogens with zero attached hydrogens (tertiary/aromatic N) is 2. The average Bonchev–Trinajstić information content (AvgIpc) is 2.73. The minimum atomic E-state index is -4.49. The molecule has 0 spiro atoms. The number of hydrogen-bond acceptors (Lipinski definition) is 4. The molecule has 0 radical (unpaired) electrons. The normalized spacial score (nSPS) is 11.9. The van der Waals surface area contributed by atoms with Crippen molar-refractivity contribution in [1.82, 2.24) is 9.88 Å². The van der Waals surface area contributed by atoms with Crippen LogP contribution in [0.3, 0.4) is 0 Å². The van der Waals surface area contributed by atoms with E-state index < -0.39 is 27.5 Å². The predicted octanol–water partition coefficient (Wildman–Crippen LogP) is 4.35. The van der Waals surface area contributed by atoms with Crippen LogP contribution in [0.15, 0.2) is 77.8 Å². The average molecular weight is 448 g/mol. The van der Waals surface area contributed by atoms with Crippen molar-refractivity contribution in [3.63, 3.8) is 0 Å². The molecule has 0 fully saturated rings. The van der Waals surface area contributed by atoms with Crippen LogP contribution in [0.4, 0.5) is 13.2 Å².